The Hall–Kier alpha value is -1.07. The highest BCUT2D eigenvalue weighted by atomic mass is 16.3. The van der Waals surface area contributed by atoms with Crippen LogP contribution in [0, 0.1) is 6.92 Å². The van der Waals surface area contributed by atoms with Gasteiger partial charge in [-0.1, -0.05) is 0 Å². The summed E-state index contributed by atoms with van der Waals surface area (Å²) in [5, 5.41) is 23.9. The Kier molecular flexibility index (Phi) is 3.14. The van der Waals surface area contributed by atoms with Crippen molar-refractivity contribution < 1.29 is 10.2 Å². The molecule has 0 amide bonds. The van der Waals surface area contributed by atoms with E-state index in [1.807, 2.05) is 20.9 Å². The molecule has 1 aromatic heterocycles. The predicted octanol–water partition coefficient (Wildman–Crippen LogP) is 0.572. The second-order valence-electron chi connectivity index (χ2n) is 5.19. The molecule has 2 heterocycles. The van der Waals surface area contributed by atoms with Gasteiger partial charge in [-0.15, -0.1) is 0 Å². The van der Waals surface area contributed by atoms with Gasteiger partial charge >= 0.3 is 0 Å². The van der Waals surface area contributed by atoms with E-state index in [1.165, 1.54) is 0 Å². The highest BCUT2D eigenvalue weighted by Crippen LogP contribution is 2.29. The number of anilines is 1. The number of hydrogen-bond acceptors (Lipinski definition) is 4. The molecule has 1 aromatic rings. The normalized spacial score (nSPS) is 25.4. The molecular weight excluding hydrogens is 218 g/mol. The third kappa shape index (κ3) is 2.30. The standard InChI is InChI=1S/C12H21N3O2/c1-9-10(7-16)11(14(3)13-9)15-6-4-5-12(2,17)8-15/h16-17H,4-8H2,1-3H3. The quantitative estimate of drug-likeness (QED) is 0.792. The van der Waals surface area contributed by atoms with Crippen LogP contribution >= 0.6 is 0 Å². The Balaban J connectivity index is 2.33. The lowest BCUT2D eigenvalue weighted by Gasteiger charge is -2.38. The Labute approximate surface area is 102 Å². The van der Waals surface area contributed by atoms with Gasteiger partial charge in [0.25, 0.3) is 0 Å². The second-order valence-corrected chi connectivity index (χ2v) is 5.19. The summed E-state index contributed by atoms with van der Waals surface area (Å²) < 4.78 is 1.79. The number of aliphatic hydroxyl groups excluding tert-OH is 1. The van der Waals surface area contributed by atoms with Crippen molar-refractivity contribution in [3.63, 3.8) is 0 Å². The van der Waals surface area contributed by atoms with Crippen molar-refractivity contribution in [2.75, 3.05) is 18.0 Å². The Morgan fingerprint density at radius 1 is 1.47 bits per heavy atom. The molecule has 0 aliphatic carbocycles. The lowest BCUT2D eigenvalue weighted by atomic mass is 9.95. The maximum absolute atomic E-state index is 10.1. The van der Waals surface area contributed by atoms with Crippen LogP contribution in [0.15, 0.2) is 0 Å². The first-order valence-corrected chi connectivity index (χ1v) is 6.05. The van der Waals surface area contributed by atoms with E-state index in [2.05, 4.69) is 10.00 Å². The monoisotopic (exact) mass is 239 g/mol. The maximum Gasteiger partial charge on any atom is 0.132 e. The number of β-amino-alcohol motifs (C(OH)–C–C–N with tert-alkyl or cyclic N) is 1. The maximum atomic E-state index is 10.1. The fourth-order valence-corrected chi connectivity index (χ4v) is 2.67. The minimum Gasteiger partial charge on any atom is -0.391 e. The molecule has 0 spiro atoms. The van der Waals surface area contributed by atoms with Crippen molar-refractivity contribution in [3.8, 4) is 0 Å². The largest absolute Gasteiger partial charge is 0.391 e. The number of hydrogen-bond donors (Lipinski definition) is 2. The van der Waals surface area contributed by atoms with Gasteiger partial charge in [0, 0.05) is 25.7 Å². The van der Waals surface area contributed by atoms with Crippen LogP contribution < -0.4 is 4.90 Å². The molecule has 1 aliphatic rings. The van der Waals surface area contributed by atoms with E-state index in [1.54, 1.807) is 4.68 Å². The second kappa shape index (κ2) is 4.31. The molecule has 1 fully saturated rings. The van der Waals surface area contributed by atoms with Gasteiger partial charge < -0.3 is 15.1 Å². The van der Waals surface area contributed by atoms with E-state index in [-0.39, 0.29) is 6.61 Å². The van der Waals surface area contributed by atoms with Gasteiger partial charge in [0.05, 0.1) is 17.9 Å². The fourth-order valence-electron chi connectivity index (χ4n) is 2.67. The van der Waals surface area contributed by atoms with E-state index in [0.29, 0.717) is 6.54 Å². The highest BCUT2D eigenvalue weighted by Gasteiger charge is 2.31. The van der Waals surface area contributed by atoms with E-state index < -0.39 is 5.60 Å². The zero-order valence-electron chi connectivity index (χ0n) is 10.8. The number of nitrogens with zero attached hydrogens (tertiary/aromatic N) is 3. The summed E-state index contributed by atoms with van der Waals surface area (Å²) in [5.41, 5.74) is 1.07. The number of aliphatic hydroxyl groups is 2. The van der Waals surface area contributed by atoms with Crippen LogP contribution in [-0.4, -0.2) is 38.7 Å². The molecule has 0 bridgehead atoms. The molecule has 1 atom stereocenters. The van der Waals surface area contributed by atoms with Crippen LogP contribution in [0.3, 0.4) is 0 Å². The van der Waals surface area contributed by atoms with Crippen LogP contribution in [0.2, 0.25) is 0 Å². The molecule has 5 heteroatoms. The van der Waals surface area contributed by atoms with Crippen LogP contribution in [0.1, 0.15) is 31.0 Å². The average molecular weight is 239 g/mol. The van der Waals surface area contributed by atoms with Gasteiger partial charge in [0.1, 0.15) is 5.82 Å². The molecule has 1 aliphatic heterocycles. The van der Waals surface area contributed by atoms with Crippen LogP contribution in [0.25, 0.3) is 0 Å². The van der Waals surface area contributed by atoms with Crippen molar-refractivity contribution in [3.05, 3.63) is 11.3 Å². The molecule has 5 nitrogen and oxygen atoms in total. The zero-order chi connectivity index (χ0) is 12.6. The van der Waals surface area contributed by atoms with E-state index >= 15 is 0 Å². The summed E-state index contributed by atoms with van der Waals surface area (Å²) in [6.07, 6.45) is 1.79. The van der Waals surface area contributed by atoms with Gasteiger partial charge in [0.2, 0.25) is 0 Å². The van der Waals surface area contributed by atoms with E-state index in [4.69, 9.17) is 0 Å². The first-order chi connectivity index (χ1) is 7.94. The van der Waals surface area contributed by atoms with Crippen molar-refractivity contribution >= 4 is 5.82 Å². The molecule has 1 unspecified atom stereocenters. The van der Waals surface area contributed by atoms with Crippen molar-refractivity contribution in [1.29, 1.82) is 0 Å². The minimum atomic E-state index is -0.650. The van der Waals surface area contributed by atoms with Crippen molar-refractivity contribution in [2.24, 2.45) is 7.05 Å². The Morgan fingerprint density at radius 2 is 2.18 bits per heavy atom. The molecule has 2 rings (SSSR count). The van der Waals surface area contributed by atoms with Crippen LogP contribution in [0.4, 0.5) is 5.82 Å². The van der Waals surface area contributed by atoms with Gasteiger partial charge in [-0.3, -0.25) is 4.68 Å². The molecule has 1 saturated heterocycles. The van der Waals surface area contributed by atoms with Crippen LogP contribution in [-0.2, 0) is 13.7 Å². The molecule has 17 heavy (non-hydrogen) atoms. The summed E-state index contributed by atoms with van der Waals surface area (Å²) in [6, 6.07) is 0. The summed E-state index contributed by atoms with van der Waals surface area (Å²) in [6.45, 7) is 5.26. The lowest BCUT2D eigenvalue weighted by molar-refractivity contribution is 0.0444. The van der Waals surface area contributed by atoms with Gasteiger partial charge in [-0.05, 0) is 26.7 Å². The van der Waals surface area contributed by atoms with Crippen molar-refractivity contribution in [1.82, 2.24) is 9.78 Å². The van der Waals surface area contributed by atoms with Crippen LogP contribution in [0.5, 0.6) is 0 Å². The minimum absolute atomic E-state index is 0.00630. The summed E-state index contributed by atoms with van der Waals surface area (Å²) in [5.74, 6) is 0.935. The fraction of sp³-hybridized carbons (Fsp3) is 0.750. The third-order valence-corrected chi connectivity index (χ3v) is 3.45. The topological polar surface area (TPSA) is 61.5 Å². The average Bonchev–Trinajstić information content (AvgIpc) is 2.51. The number of piperidine rings is 1. The molecule has 0 saturated carbocycles. The smallest absolute Gasteiger partial charge is 0.132 e. The first-order valence-electron chi connectivity index (χ1n) is 6.05. The zero-order valence-corrected chi connectivity index (χ0v) is 10.8. The molecular formula is C12H21N3O2. The molecule has 0 aromatic carbocycles. The van der Waals surface area contributed by atoms with E-state index in [9.17, 15) is 10.2 Å². The Bertz CT molecular complexity index is 412. The summed E-state index contributed by atoms with van der Waals surface area (Å²) >= 11 is 0. The van der Waals surface area contributed by atoms with Gasteiger partial charge in [0.15, 0.2) is 0 Å². The third-order valence-electron chi connectivity index (χ3n) is 3.45. The molecule has 2 N–H and O–H groups in total. The SMILES string of the molecule is Cc1nn(C)c(N2CCCC(C)(O)C2)c1CO. The molecule has 0 radical (unpaired) electrons. The Morgan fingerprint density at radius 3 is 2.76 bits per heavy atom. The van der Waals surface area contributed by atoms with Gasteiger partial charge in [-0.25, -0.2) is 0 Å². The number of rotatable bonds is 2. The van der Waals surface area contributed by atoms with Crippen molar-refractivity contribution in [2.45, 2.75) is 38.9 Å². The molecule has 96 valence electrons. The first kappa shape index (κ1) is 12.4. The number of aromatic nitrogens is 2. The summed E-state index contributed by atoms with van der Waals surface area (Å²) in [4.78, 5) is 2.12. The number of aryl methyl sites for hydroxylation is 2. The predicted molar refractivity (Wildman–Crippen MR) is 65.9 cm³/mol. The van der Waals surface area contributed by atoms with E-state index in [0.717, 1.165) is 36.5 Å². The van der Waals surface area contributed by atoms with Gasteiger partial charge in [-0.2, -0.15) is 5.10 Å². The highest BCUT2D eigenvalue weighted by molar-refractivity contribution is 5.50. The lowest BCUT2D eigenvalue weighted by Crippen LogP contribution is -2.47. The summed E-state index contributed by atoms with van der Waals surface area (Å²) in [7, 11) is 1.88.